The predicted molar refractivity (Wildman–Crippen MR) is 161 cm³/mol. The first-order valence-corrected chi connectivity index (χ1v) is 14.7. The number of carbonyl (C=O) groups excluding carboxylic acids is 2. The van der Waals surface area contributed by atoms with Gasteiger partial charge in [-0.05, 0) is 61.2 Å². The number of pyridine rings is 3. The lowest BCUT2D eigenvalue weighted by atomic mass is 9.94. The molecule has 0 aromatic carbocycles. The Kier molecular flexibility index (Phi) is 8.27. The quantitative estimate of drug-likeness (QED) is 0.207. The van der Waals surface area contributed by atoms with Crippen molar-refractivity contribution in [2.24, 2.45) is 0 Å². The minimum Gasteiger partial charge on any atom is -0.381 e. The van der Waals surface area contributed by atoms with Crippen LogP contribution in [0.5, 0.6) is 0 Å². The van der Waals surface area contributed by atoms with Crippen molar-refractivity contribution in [3.63, 3.8) is 0 Å². The number of aryl methyl sites for hydroxylation is 1. The second-order valence-corrected chi connectivity index (χ2v) is 10.8. The second-order valence-electron chi connectivity index (χ2n) is 10.8. The monoisotopic (exact) mass is 581 g/mol. The molecule has 2 aliphatic rings. The molecule has 4 N–H and O–H groups in total. The molecule has 12 heteroatoms. The van der Waals surface area contributed by atoms with Crippen LogP contribution in [-0.4, -0.2) is 48.2 Å². The molecule has 43 heavy (non-hydrogen) atoms. The van der Waals surface area contributed by atoms with Gasteiger partial charge in [0.05, 0.1) is 23.0 Å². The van der Waals surface area contributed by atoms with E-state index in [1.54, 1.807) is 55.2 Å². The summed E-state index contributed by atoms with van der Waals surface area (Å²) < 4.78 is 1.85. The van der Waals surface area contributed by atoms with Crippen LogP contribution < -0.4 is 21.4 Å². The van der Waals surface area contributed by atoms with Crippen LogP contribution in [0.25, 0.3) is 16.7 Å². The molecule has 6 rings (SSSR count). The van der Waals surface area contributed by atoms with Gasteiger partial charge < -0.3 is 16.0 Å². The number of hydrogen-bond acceptors (Lipinski definition) is 9. The lowest BCUT2D eigenvalue weighted by Gasteiger charge is -2.25. The number of hydrogen-bond donors (Lipinski definition) is 4. The van der Waals surface area contributed by atoms with E-state index in [1.165, 1.54) is 12.5 Å². The molecule has 0 atom stereocenters. The minimum absolute atomic E-state index is 0.200. The molecule has 1 fully saturated rings. The zero-order chi connectivity index (χ0) is 29.6. The lowest BCUT2D eigenvalue weighted by molar-refractivity contribution is -0.157. The van der Waals surface area contributed by atoms with E-state index in [0.29, 0.717) is 23.8 Å². The highest BCUT2D eigenvalue weighted by Gasteiger charge is 2.50. The van der Waals surface area contributed by atoms with E-state index in [4.69, 9.17) is 9.82 Å². The SMILES string of the molecule is CCn1ncc2c(NC3CCCCC3)c(C3=CC(C(=O)NCc4ccncc4)(C(=O)NCc4ccncc4)ON3)cnc21. The van der Waals surface area contributed by atoms with Crippen molar-refractivity contribution in [3.05, 3.63) is 84.2 Å². The maximum Gasteiger partial charge on any atom is 0.271 e. The highest BCUT2D eigenvalue weighted by molar-refractivity contribution is 6.13. The summed E-state index contributed by atoms with van der Waals surface area (Å²) in [6, 6.07) is 7.49. The maximum atomic E-state index is 13.8. The van der Waals surface area contributed by atoms with Crippen LogP contribution in [0.4, 0.5) is 5.69 Å². The first-order chi connectivity index (χ1) is 21.1. The molecule has 1 aliphatic carbocycles. The van der Waals surface area contributed by atoms with Crippen molar-refractivity contribution in [2.75, 3.05) is 5.32 Å². The first kappa shape index (κ1) is 28.3. The summed E-state index contributed by atoms with van der Waals surface area (Å²) in [5, 5.41) is 14.9. The Balaban J connectivity index is 1.35. The number of nitrogens with one attached hydrogen (secondary N) is 4. The van der Waals surface area contributed by atoms with Crippen LogP contribution in [0.3, 0.4) is 0 Å². The molecule has 1 saturated carbocycles. The highest BCUT2D eigenvalue weighted by atomic mass is 16.7. The molecule has 4 aromatic heterocycles. The van der Waals surface area contributed by atoms with Crippen LogP contribution in [0.2, 0.25) is 0 Å². The zero-order valence-electron chi connectivity index (χ0n) is 24.0. The Morgan fingerprint density at radius 2 is 1.58 bits per heavy atom. The van der Waals surface area contributed by atoms with Gasteiger partial charge in [-0.1, -0.05) is 19.3 Å². The van der Waals surface area contributed by atoms with Gasteiger partial charge in [-0.3, -0.25) is 25.0 Å². The average Bonchev–Trinajstić information content (AvgIpc) is 3.70. The molecule has 4 aromatic rings. The standard InChI is InChI=1S/C31H35N9O3/c1-2-40-28-25(20-37-40)27(38-23-6-4-3-5-7-23)24(19-34-28)26-16-31(43-39-26,29(41)35-17-21-8-12-32-13-9-21)30(42)36-18-22-10-14-33-15-11-22/h8-16,19-20,23,39H,2-7,17-18H2,1H3,(H,34,38)(H,35,41)(H,36,42). The fourth-order valence-corrected chi connectivity index (χ4v) is 5.55. The van der Waals surface area contributed by atoms with Gasteiger partial charge in [0.15, 0.2) is 5.65 Å². The number of amides is 2. The third kappa shape index (κ3) is 5.91. The molecule has 12 nitrogen and oxygen atoms in total. The Bertz CT molecular complexity index is 1560. The molecule has 0 radical (unpaired) electrons. The fraction of sp³-hybridized carbons (Fsp3) is 0.355. The number of rotatable bonds is 10. The van der Waals surface area contributed by atoms with E-state index < -0.39 is 17.4 Å². The Morgan fingerprint density at radius 1 is 0.953 bits per heavy atom. The van der Waals surface area contributed by atoms with Crippen LogP contribution in [0, 0.1) is 0 Å². The van der Waals surface area contributed by atoms with Crippen LogP contribution in [0.1, 0.15) is 55.7 Å². The van der Waals surface area contributed by atoms with E-state index >= 15 is 0 Å². The van der Waals surface area contributed by atoms with Crippen molar-refractivity contribution >= 4 is 34.2 Å². The normalized spacial score (nSPS) is 16.3. The van der Waals surface area contributed by atoms with Gasteiger partial charge in [-0.2, -0.15) is 5.10 Å². The Hall–Kier alpha value is -4.84. The molecule has 0 saturated heterocycles. The lowest BCUT2D eigenvalue weighted by Crippen LogP contribution is -2.56. The van der Waals surface area contributed by atoms with Gasteiger partial charge in [0.2, 0.25) is 0 Å². The van der Waals surface area contributed by atoms with Gasteiger partial charge in [0.25, 0.3) is 17.4 Å². The van der Waals surface area contributed by atoms with Gasteiger partial charge in [0.1, 0.15) is 0 Å². The van der Waals surface area contributed by atoms with Gasteiger partial charge >= 0.3 is 0 Å². The van der Waals surface area contributed by atoms with Crippen molar-refractivity contribution in [2.45, 2.75) is 70.3 Å². The Morgan fingerprint density at radius 3 is 2.19 bits per heavy atom. The second kappa shape index (κ2) is 12.6. The Labute approximate surface area is 249 Å². The summed E-state index contributed by atoms with van der Waals surface area (Å²) in [6.07, 6.45) is 17.4. The van der Waals surface area contributed by atoms with E-state index in [2.05, 4.69) is 36.5 Å². The van der Waals surface area contributed by atoms with Crippen LogP contribution >= 0.6 is 0 Å². The maximum absolute atomic E-state index is 13.8. The van der Waals surface area contributed by atoms with Crippen molar-refractivity contribution in [1.29, 1.82) is 0 Å². The molecule has 0 spiro atoms. The highest BCUT2D eigenvalue weighted by Crippen LogP contribution is 2.36. The molecule has 2 amide bonds. The number of anilines is 1. The summed E-state index contributed by atoms with van der Waals surface area (Å²) in [6.45, 7) is 3.10. The van der Waals surface area contributed by atoms with Crippen LogP contribution in [-0.2, 0) is 34.1 Å². The van der Waals surface area contributed by atoms with E-state index in [0.717, 1.165) is 53.5 Å². The molecule has 0 bridgehead atoms. The molecule has 222 valence electrons. The smallest absolute Gasteiger partial charge is 0.271 e. The van der Waals surface area contributed by atoms with Crippen molar-refractivity contribution < 1.29 is 14.4 Å². The van der Waals surface area contributed by atoms with E-state index in [1.807, 2.05) is 17.8 Å². The molecule has 5 heterocycles. The van der Waals surface area contributed by atoms with Gasteiger partial charge in [-0.15, -0.1) is 0 Å². The first-order valence-electron chi connectivity index (χ1n) is 14.7. The number of hydroxylamine groups is 1. The fourth-order valence-electron chi connectivity index (χ4n) is 5.55. The molecular formula is C31H35N9O3. The van der Waals surface area contributed by atoms with Crippen molar-refractivity contribution in [3.8, 4) is 0 Å². The summed E-state index contributed by atoms with van der Waals surface area (Å²) in [5.41, 5.74) is 5.38. The molecule has 0 unspecified atom stereocenters. The number of fused-ring (bicyclic) bond motifs is 1. The summed E-state index contributed by atoms with van der Waals surface area (Å²) in [7, 11) is 0. The number of aromatic nitrogens is 5. The van der Waals surface area contributed by atoms with Crippen LogP contribution in [0.15, 0.2) is 67.5 Å². The molecular weight excluding hydrogens is 546 g/mol. The third-order valence-electron chi connectivity index (χ3n) is 7.96. The number of carbonyl (C=O) groups is 2. The van der Waals surface area contributed by atoms with E-state index in [-0.39, 0.29) is 13.1 Å². The van der Waals surface area contributed by atoms with Crippen molar-refractivity contribution in [1.82, 2.24) is 40.8 Å². The van der Waals surface area contributed by atoms with Gasteiger partial charge in [0, 0.05) is 62.2 Å². The van der Waals surface area contributed by atoms with E-state index in [9.17, 15) is 9.59 Å². The largest absolute Gasteiger partial charge is 0.381 e. The number of nitrogens with zero attached hydrogens (tertiary/aromatic N) is 5. The summed E-state index contributed by atoms with van der Waals surface area (Å²) in [5.74, 6) is -1.21. The third-order valence-corrected chi connectivity index (χ3v) is 7.96. The van der Waals surface area contributed by atoms with Gasteiger partial charge in [-0.25, -0.2) is 14.5 Å². The summed E-state index contributed by atoms with van der Waals surface area (Å²) >= 11 is 0. The summed E-state index contributed by atoms with van der Waals surface area (Å²) in [4.78, 5) is 46.2. The predicted octanol–water partition coefficient (Wildman–Crippen LogP) is 3.23. The molecule has 1 aliphatic heterocycles. The zero-order valence-corrected chi connectivity index (χ0v) is 24.0. The minimum atomic E-state index is -1.97. The topological polar surface area (TPSA) is 148 Å². The average molecular weight is 582 g/mol.